The monoisotopic (exact) mass is 274 g/mol. The zero-order chi connectivity index (χ0) is 14.8. The fraction of sp³-hybridized carbons (Fsp3) is 0.667. The predicted octanol–water partition coefficient (Wildman–Crippen LogP) is 3.85. The Bertz CT molecular complexity index is 433. The minimum absolute atomic E-state index is 0.318. The van der Waals surface area contributed by atoms with E-state index in [1.807, 2.05) is 0 Å². The molecule has 1 aliphatic heterocycles. The summed E-state index contributed by atoms with van der Waals surface area (Å²) in [5, 5.41) is 3.66. The van der Waals surface area contributed by atoms with Crippen LogP contribution >= 0.6 is 0 Å². The van der Waals surface area contributed by atoms with Crippen LogP contribution < -0.4 is 10.2 Å². The lowest BCUT2D eigenvalue weighted by molar-refractivity contribution is 0.259. The van der Waals surface area contributed by atoms with E-state index in [1.54, 1.807) is 0 Å². The number of hydrogen-bond acceptors (Lipinski definition) is 2. The molecule has 0 fully saturated rings. The van der Waals surface area contributed by atoms with E-state index in [9.17, 15) is 0 Å². The van der Waals surface area contributed by atoms with Gasteiger partial charge in [-0.05, 0) is 43.4 Å². The highest BCUT2D eigenvalue weighted by molar-refractivity contribution is 5.59. The molecule has 0 saturated heterocycles. The SMILES string of the molecule is CCNC(CCN1c2ccccc2CC1C)C(C)(C)C. The number of hydrogen-bond donors (Lipinski definition) is 1. The average Bonchev–Trinajstić information content (AvgIpc) is 2.69. The van der Waals surface area contributed by atoms with Gasteiger partial charge in [-0.25, -0.2) is 0 Å². The fourth-order valence-corrected chi connectivity index (χ4v) is 3.33. The van der Waals surface area contributed by atoms with Gasteiger partial charge >= 0.3 is 0 Å². The first-order chi connectivity index (χ1) is 9.43. The van der Waals surface area contributed by atoms with E-state index in [4.69, 9.17) is 0 Å². The molecule has 112 valence electrons. The molecular formula is C18H30N2. The standard InChI is InChI=1S/C18H30N2/c1-6-19-17(18(3,4)5)11-12-20-14(2)13-15-9-7-8-10-16(15)20/h7-10,14,17,19H,6,11-13H2,1-5H3. The minimum atomic E-state index is 0.318. The molecule has 1 aromatic rings. The number of fused-ring (bicyclic) bond motifs is 1. The molecule has 0 spiro atoms. The Hall–Kier alpha value is -1.02. The molecule has 1 aromatic carbocycles. The number of benzene rings is 1. The first-order valence-electron chi connectivity index (χ1n) is 8.01. The first kappa shape index (κ1) is 15.4. The van der Waals surface area contributed by atoms with E-state index in [0.717, 1.165) is 13.1 Å². The quantitative estimate of drug-likeness (QED) is 0.877. The lowest BCUT2D eigenvalue weighted by atomic mass is 9.84. The van der Waals surface area contributed by atoms with Crippen LogP contribution in [0.25, 0.3) is 0 Å². The predicted molar refractivity (Wildman–Crippen MR) is 88.5 cm³/mol. The van der Waals surface area contributed by atoms with Crippen LogP contribution in [0.15, 0.2) is 24.3 Å². The lowest BCUT2D eigenvalue weighted by Gasteiger charge is -2.34. The van der Waals surface area contributed by atoms with Crippen molar-refractivity contribution in [3.05, 3.63) is 29.8 Å². The maximum Gasteiger partial charge on any atom is 0.0402 e. The van der Waals surface area contributed by atoms with Crippen LogP contribution in [0.4, 0.5) is 5.69 Å². The molecule has 2 rings (SSSR count). The van der Waals surface area contributed by atoms with E-state index >= 15 is 0 Å². The van der Waals surface area contributed by atoms with Gasteiger partial charge in [0.2, 0.25) is 0 Å². The summed E-state index contributed by atoms with van der Waals surface area (Å²) in [5.41, 5.74) is 3.28. The van der Waals surface area contributed by atoms with Crippen LogP contribution in [0.1, 0.15) is 46.6 Å². The molecule has 20 heavy (non-hydrogen) atoms. The minimum Gasteiger partial charge on any atom is -0.368 e. The molecular weight excluding hydrogens is 244 g/mol. The summed E-state index contributed by atoms with van der Waals surface area (Å²) in [7, 11) is 0. The van der Waals surface area contributed by atoms with Gasteiger partial charge in [-0.2, -0.15) is 0 Å². The van der Waals surface area contributed by atoms with Crippen LogP contribution in [0.5, 0.6) is 0 Å². The van der Waals surface area contributed by atoms with Gasteiger partial charge in [0.15, 0.2) is 0 Å². The summed E-state index contributed by atoms with van der Waals surface area (Å²) in [6.07, 6.45) is 2.40. The Morgan fingerprint density at radius 3 is 2.65 bits per heavy atom. The summed E-state index contributed by atoms with van der Waals surface area (Å²) >= 11 is 0. The molecule has 0 amide bonds. The van der Waals surface area contributed by atoms with Crippen LogP contribution in [0.3, 0.4) is 0 Å². The Labute approximate surface area is 124 Å². The largest absolute Gasteiger partial charge is 0.368 e. The van der Waals surface area contributed by atoms with Crippen molar-refractivity contribution in [1.29, 1.82) is 0 Å². The second kappa shape index (κ2) is 6.17. The fourth-order valence-electron chi connectivity index (χ4n) is 3.33. The van der Waals surface area contributed by atoms with E-state index in [-0.39, 0.29) is 0 Å². The molecule has 0 saturated carbocycles. The molecule has 2 heteroatoms. The number of para-hydroxylation sites is 1. The van der Waals surface area contributed by atoms with Gasteiger partial charge in [0.1, 0.15) is 0 Å². The smallest absolute Gasteiger partial charge is 0.0402 e. The molecule has 0 radical (unpaired) electrons. The third-order valence-corrected chi connectivity index (χ3v) is 4.50. The highest BCUT2D eigenvalue weighted by Crippen LogP contribution is 2.32. The second-order valence-electron chi connectivity index (χ2n) is 7.14. The van der Waals surface area contributed by atoms with Crippen molar-refractivity contribution in [2.45, 2.75) is 59.5 Å². The first-order valence-corrected chi connectivity index (χ1v) is 8.01. The molecule has 1 heterocycles. The number of anilines is 1. The van der Waals surface area contributed by atoms with Gasteiger partial charge in [0.25, 0.3) is 0 Å². The van der Waals surface area contributed by atoms with Gasteiger partial charge in [0.05, 0.1) is 0 Å². The molecule has 0 aliphatic carbocycles. The van der Waals surface area contributed by atoms with Crippen molar-refractivity contribution in [3.63, 3.8) is 0 Å². The van der Waals surface area contributed by atoms with Crippen molar-refractivity contribution in [1.82, 2.24) is 5.32 Å². The van der Waals surface area contributed by atoms with Crippen molar-refractivity contribution in [3.8, 4) is 0 Å². The van der Waals surface area contributed by atoms with Crippen LogP contribution in [0, 0.1) is 5.41 Å². The van der Waals surface area contributed by atoms with Crippen molar-refractivity contribution in [2.24, 2.45) is 5.41 Å². The van der Waals surface area contributed by atoms with Crippen LogP contribution in [-0.2, 0) is 6.42 Å². The van der Waals surface area contributed by atoms with Gasteiger partial charge < -0.3 is 10.2 Å². The third-order valence-electron chi connectivity index (χ3n) is 4.50. The highest BCUT2D eigenvalue weighted by atomic mass is 15.2. The number of rotatable bonds is 5. The molecule has 2 atom stereocenters. The molecule has 0 aromatic heterocycles. The van der Waals surface area contributed by atoms with E-state index in [0.29, 0.717) is 17.5 Å². The Morgan fingerprint density at radius 1 is 1.30 bits per heavy atom. The van der Waals surface area contributed by atoms with E-state index in [1.165, 1.54) is 24.1 Å². The molecule has 0 bridgehead atoms. The van der Waals surface area contributed by atoms with Gasteiger partial charge in [-0.1, -0.05) is 45.9 Å². The van der Waals surface area contributed by atoms with Crippen LogP contribution in [-0.4, -0.2) is 25.2 Å². The van der Waals surface area contributed by atoms with Crippen LogP contribution in [0.2, 0.25) is 0 Å². The lowest BCUT2D eigenvalue weighted by Crippen LogP contribution is -2.43. The maximum atomic E-state index is 3.66. The van der Waals surface area contributed by atoms with Gasteiger partial charge in [0, 0.05) is 24.3 Å². The summed E-state index contributed by atoms with van der Waals surface area (Å²) in [6, 6.07) is 10.1. The van der Waals surface area contributed by atoms with Crippen molar-refractivity contribution < 1.29 is 0 Å². The zero-order valence-electron chi connectivity index (χ0n) is 13.7. The highest BCUT2D eigenvalue weighted by Gasteiger charge is 2.28. The number of nitrogens with one attached hydrogen (secondary N) is 1. The van der Waals surface area contributed by atoms with Gasteiger partial charge in [-0.15, -0.1) is 0 Å². The zero-order valence-corrected chi connectivity index (χ0v) is 13.7. The summed E-state index contributed by atoms with van der Waals surface area (Å²) in [5.74, 6) is 0. The van der Waals surface area contributed by atoms with Crippen molar-refractivity contribution in [2.75, 3.05) is 18.0 Å². The summed E-state index contributed by atoms with van der Waals surface area (Å²) < 4.78 is 0. The second-order valence-corrected chi connectivity index (χ2v) is 7.14. The van der Waals surface area contributed by atoms with Gasteiger partial charge in [-0.3, -0.25) is 0 Å². The summed E-state index contributed by atoms with van der Waals surface area (Å²) in [4.78, 5) is 2.59. The normalized spacial score (nSPS) is 20.1. The summed E-state index contributed by atoms with van der Waals surface area (Å²) in [6.45, 7) is 13.7. The molecule has 2 nitrogen and oxygen atoms in total. The van der Waals surface area contributed by atoms with Crippen molar-refractivity contribution >= 4 is 5.69 Å². The Morgan fingerprint density at radius 2 is 2.00 bits per heavy atom. The van der Waals surface area contributed by atoms with E-state index < -0.39 is 0 Å². The van der Waals surface area contributed by atoms with E-state index in [2.05, 4.69) is 69.1 Å². The number of nitrogens with zero attached hydrogens (tertiary/aromatic N) is 1. The molecule has 2 unspecified atom stereocenters. The maximum absolute atomic E-state index is 3.66. The molecule has 1 aliphatic rings. The topological polar surface area (TPSA) is 15.3 Å². The Balaban J connectivity index is 2.03. The molecule has 1 N–H and O–H groups in total. The third kappa shape index (κ3) is 3.35. The average molecular weight is 274 g/mol. The Kier molecular flexibility index (Phi) is 4.74.